The summed E-state index contributed by atoms with van der Waals surface area (Å²) in [6.45, 7) is 6.83. The Labute approximate surface area is 276 Å². The fraction of sp³-hybridized carbons (Fsp3) is 0.529. The number of nitrogens with zero attached hydrogens (tertiary/aromatic N) is 1. The number of amides is 3. The van der Waals surface area contributed by atoms with E-state index in [2.05, 4.69) is 39.5 Å². The minimum absolute atomic E-state index is 0.0263. The largest absolute Gasteiger partial charge is 0.351 e. The summed E-state index contributed by atoms with van der Waals surface area (Å²) in [4.78, 5) is 38.5. The van der Waals surface area contributed by atoms with Crippen LogP contribution >= 0.6 is 0 Å². The van der Waals surface area contributed by atoms with Crippen molar-refractivity contribution in [3.8, 4) is 0 Å². The zero-order chi connectivity index (χ0) is 34.4. The molecule has 3 rings (SSSR count). The molecule has 2 atom stereocenters. The maximum atomic E-state index is 14.1. The van der Waals surface area contributed by atoms with Crippen molar-refractivity contribution in [2.24, 2.45) is 5.10 Å². The summed E-state index contributed by atoms with van der Waals surface area (Å²) in [5, 5.41) is 11.8. The highest BCUT2D eigenvalue weighted by atomic mass is 32.2. The van der Waals surface area contributed by atoms with E-state index in [1.807, 2.05) is 32.0 Å². The second-order valence-electron chi connectivity index (χ2n) is 12.0. The molecule has 3 amide bonds. The Morgan fingerprint density at radius 2 is 1.60 bits per heavy atom. The van der Waals surface area contributed by atoms with Crippen LogP contribution in [-0.4, -0.2) is 61.5 Å². The molecule has 258 valence electrons. The molecule has 2 aromatic carbocycles. The summed E-state index contributed by atoms with van der Waals surface area (Å²) in [5.74, 6) is -4.01. The van der Waals surface area contributed by atoms with Gasteiger partial charge in [-0.2, -0.15) is 5.10 Å². The number of benzene rings is 2. The first-order valence-corrected chi connectivity index (χ1v) is 18.1. The Morgan fingerprint density at radius 1 is 0.915 bits per heavy atom. The molecule has 0 aliphatic carbocycles. The number of carbonyl (C=O) groups excluding carboxylic acids is 3. The van der Waals surface area contributed by atoms with E-state index in [0.717, 1.165) is 18.1 Å². The quantitative estimate of drug-likeness (QED) is 0.167. The number of aryl methyl sites for hydroxylation is 1. The Bertz CT molecular complexity index is 1490. The van der Waals surface area contributed by atoms with E-state index in [9.17, 15) is 31.6 Å². The normalized spacial score (nSPS) is 14.7. The van der Waals surface area contributed by atoms with E-state index in [1.165, 1.54) is 17.7 Å². The molecule has 0 bridgehead atoms. The summed E-state index contributed by atoms with van der Waals surface area (Å²) in [6, 6.07) is 9.14. The first-order valence-electron chi connectivity index (χ1n) is 16.4. The first kappa shape index (κ1) is 37.7. The predicted octanol–water partition coefficient (Wildman–Crippen LogP) is 3.87. The Hall–Kier alpha value is -3.71. The average molecular weight is 676 g/mol. The highest BCUT2D eigenvalue weighted by molar-refractivity contribution is 7.92. The lowest BCUT2D eigenvalue weighted by atomic mass is 10.0. The lowest BCUT2D eigenvalue weighted by Crippen LogP contribution is -2.55. The molecule has 47 heavy (non-hydrogen) atoms. The fourth-order valence-electron chi connectivity index (χ4n) is 5.59. The summed E-state index contributed by atoms with van der Waals surface area (Å²) in [7, 11) is -3.84. The number of nitrogens with one attached hydrogen (secondary N) is 4. The van der Waals surface area contributed by atoms with E-state index in [-0.39, 0.29) is 30.9 Å². The zero-order valence-corrected chi connectivity index (χ0v) is 28.2. The van der Waals surface area contributed by atoms with Gasteiger partial charge >= 0.3 is 0 Å². The monoisotopic (exact) mass is 675 g/mol. The van der Waals surface area contributed by atoms with Gasteiger partial charge in [0.15, 0.2) is 9.84 Å². The van der Waals surface area contributed by atoms with Crippen molar-refractivity contribution in [2.75, 3.05) is 12.3 Å². The smallest absolute Gasteiger partial charge is 0.268 e. The van der Waals surface area contributed by atoms with Gasteiger partial charge in [0.2, 0.25) is 11.8 Å². The maximum Gasteiger partial charge on any atom is 0.268 e. The number of halogens is 2. The van der Waals surface area contributed by atoms with Crippen molar-refractivity contribution in [1.29, 1.82) is 0 Å². The van der Waals surface area contributed by atoms with Gasteiger partial charge in [-0.15, -0.1) is 0 Å². The molecule has 0 saturated carbocycles. The molecule has 13 heteroatoms. The molecule has 1 aliphatic rings. The van der Waals surface area contributed by atoms with Gasteiger partial charge in [0.1, 0.15) is 23.4 Å². The van der Waals surface area contributed by atoms with E-state index in [4.69, 9.17) is 0 Å². The SMILES string of the molecule is CCCC(CCC)S(=O)(=O)CC(NC(=O)C1=NNC(=O)CC1)C(=O)N[C@H](CCNCc1cccc(CC)c1)Cc1cc(F)cc(F)c1. The summed E-state index contributed by atoms with van der Waals surface area (Å²) in [6.07, 6.45) is 3.46. The molecular weight excluding hydrogens is 628 g/mol. The van der Waals surface area contributed by atoms with Crippen LogP contribution in [-0.2, 0) is 43.6 Å². The zero-order valence-electron chi connectivity index (χ0n) is 27.4. The third kappa shape index (κ3) is 12.4. The number of sulfone groups is 1. The Kier molecular flexibility index (Phi) is 14.9. The van der Waals surface area contributed by atoms with Gasteiger partial charge in [-0.05, 0) is 67.5 Å². The number of carbonyl (C=O) groups is 3. The third-order valence-electron chi connectivity index (χ3n) is 8.07. The molecular formula is C34H47F2N5O5S. The van der Waals surface area contributed by atoms with Crippen molar-refractivity contribution in [3.63, 3.8) is 0 Å². The van der Waals surface area contributed by atoms with E-state index < -0.39 is 56.4 Å². The second-order valence-corrected chi connectivity index (χ2v) is 14.3. The van der Waals surface area contributed by atoms with Crippen molar-refractivity contribution in [1.82, 2.24) is 21.4 Å². The van der Waals surface area contributed by atoms with Gasteiger partial charge in [-0.25, -0.2) is 22.6 Å². The van der Waals surface area contributed by atoms with Crippen LogP contribution in [0.15, 0.2) is 47.6 Å². The van der Waals surface area contributed by atoms with Crippen LogP contribution in [0.25, 0.3) is 0 Å². The van der Waals surface area contributed by atoms with Gasteiger partial charge in [0.05, 0.1) is 11.0 Å². The first-order chi connectivity index (χ1) is 22.4. The van der Waals surface area contributed by atoms with Gasteiger partial charge in [-0.3, -0.25) is 14.4 Å². The topological polar surface area (TPSA) is 146 Å². The summed E-state index contributed by atoms with van der Waals surface area (Å²) in [5.41, 5.74) is 4.81. The van der Waals surface area contributed by atoms with Crippen LogP contribution in [0.2, 0.25) is 0 Å². The van der Waals surface area contributed by atoms with Crippen LogP contribution in [0.1, 0.15) is 82.4 Å². The fourth-order valence-corrected chi connectivity index (χ4v) is 7.75. The van der Waals surface area contributed by atoms with Gasteiger partial charge < -0.3 is 16.0 Å². The van der Waals surface area contributed by atoms with Crippen molar-refractivity contribution < 1.29 is 31.6 Å². The van der Waals surface area contributed by atoms with Crippen LogP contribution in [0.4, 0.5) is 8.78 Å². The molecule has 0 spiro atoms. The Balaban J connectivity index is 1.82. The van der Waals surface area contributed by atoms with Crippen LogP contribution in [0.3, 0.4) is 0 Å². The molecule has 0 radical (unpaired) electrons. The predicted molar refractivity (Wildman–Crippen MR) is 178 cm³/mol. The standard InChI is InChI=1S/C34H47F2N5O5S/c1-4-8-29(9-5-2)47(45,46)22-31(39-33(43)30-12-13-32(42)41-40-30)34(44)38-28(19-25-17-26(35)20-27(36)18-25)14-15-37-21-24-11-7-10-23(6-3)16-24/h7,10-11,16-18,20,28-29,31,37H,4-6,8-9,12-15,19,21-22H2,1-3H3,(H,38,44)(H,39,43)(H,41,42)/t28-,31?/m1/s1. The van der Waals surface area contributed by atoms with Gasteiger partial charge in [-0.1, -0.05) is 57.9 Å². The molecule has 0 fully saturated rings. The summed E-state index contributed by atoms with van der Waals surface area (Å²) < 4.78 is 55.2. The highest BCUT2D eigenvalue weighted by Crippen LogP contribution is 2.18. The van der Waals surface area contributed by atoms with E-state index in [0.29, 0.717) is 50.8 Å². The minimum atomic E-state index is -3.84. The molecule has 2 aromatic rings. The molecule has 1 unspecified atom stereocenters. The minimum Gasteiger partial charge on any atom is -0.351 e. The molecule has 0 aromatic heterocycles. The van der Waals surface area contributed by atoms with Crippen LogP contribution in [0, 0.1) is 11.6 Å². The van der Waals surface area contributed by atoms with Crippen LogP contribution < -0.4 is 21.4 Å². The lowest BCUT2D eigenvalue weighted by Gasteiger charge is -2.26. The number of rotatable bonds is 19. The number of hydrogen-bond acceptors (Lipinski definition) is 7. The third-order valence-corrected chi connectivity index (χ3v) is 10.4. The highest BCUT2D eigenvalue weighted by Gasteiger charge is 2.34. The summed E-state index contributed by atoms with van der Waals surface area (Å²) >= 11 is 0. The number of hydrazone groups is 1. The molecule has 0 saturated heterocycles. The second kappa shape index (κ2) is 18.6. The van der Waals surface area contributed by atoms with E-state index >= 15 is 0 Å². The Morgan fingerprint density at radius 3 is 2.21 bits per heavy atom. The average Bonchev–Trinajstić information content (AvgIpc) is 3.02. The van der Waals surface area contributed by atoms with Crippen LogP contribution in [0.5, 0.6) is 0 Å². The molecule has 1 heterocycles. The maximum absolute atomic E-state index is 14.1. The van der Waals surface area contributed by atoms with Crippen molar-refractivity contribution >= 4 is 33.3 Å². The van der Waals surface area contributed by atoms with E-state index in [1.54, 1.807) is 0 Å². The van der Waals surface area contributed by atoms with Crippen molar-refractivity contribution in [2.45, 2.75) is 102 Å². The van der Waals surface area contributed by atoms with Gasteiger partial charge in [0, 0.05) is 31.5 Å². The van der Waals surface area contributed by atoms with Gasteiger partial charge in [0.25, 0.3) is 5.91 Å². The number of hydrogen-bond donors (Lipinski definition) is 4. The molecule has 1 aliphatic heterocycles. The van der Waals surface area contributed by atoms with Crippen molar-refractivity contribution in [3.05, 3.63) is 70.8 Å². The molecule has 4 N–H and O–H groups in total. The molecule has 10 nitrogen and oxygen atoms in total. The lowest BCUT2D eigenvalue weighted by molar-refractivity contribution is -0.126.